The van der Waals surface area contributed by atoms with E-state index in [0.29, 0.717) is 22.5 Å². The zero-order valence-electron chi connectivity index (χ0n) is 12.9. The van der Waals surface area contributed by atoms with Crippen LogP contribution in [0.4, 0.5) is 5.69 Å². The molecule has 0 atom stereocenters. The van der Waals surface area contributed by atoms with Crippen LogP contribution in [-0.2, 0) is 0 Å². The van der Waals surface area contributed by atoms with E-state index in [4.69, 9.17) is 9.94 Å². The van der Waals surface area contributed by atoms with E-state index < -0.39 is 0 Å². The molecule has 3 aromatic rings. The summed E-state index contributed by atoms with van der Waals surface area (Å²) in [5.41, 5.74) is 1.87. The number of hydrogen-bond donors (Lipinski definition) is 2. The van der Waals surface area contributed by atoms with E-state index in [9.17, 15) is 10.0 Å². The second-order valence-corrected chi connectivity index (χ2v) is 5.12. The van der Waals surface area contributed by atoms with Gasteiger partial charge in [0, 0.05) is 23.1 Å². The van der Waals surface area contributed by atoms with Gasteiger partial charge in [-0.3, -0.25) is 0 Å². The fourth-order valence-corrected chi connectivity index (χ4v) is 2.39. The molecule has 0 unspecified atom stereocenters. The highest BCUT2D eigenvalue weighted by atomic mass is 16.6. The Morgan fingerprint density at radius 1 is 1.12 bits per heavy atom. The van der Waals surface area contributed by atoms with Crippen molar-refractivity contribution in [2.24, 2.45) is 0 Å². The second kappa shape index (κ2) is 6.37. The van der Waals surface area contributed by atoms with Gasteiger partial charge in [0.15, 0.2) is 0 Å². The molecule has 2 aromatic carbocycles. The third kappa shape index (κ3) is 3.03. The van der Waals surface area contributed by atoms with E-state index in [1.807, 2.05) is 18.2 Å². The first-order valence-electron chi connectivity index (χ1n) is 7.19. The number of para-hydroxylation sites is 1. The van der Waals surface area contributed by atoms with Crippen LogP contribution >= 0.6 is 0 Å². The first-order valence-corrected chi connectivity index (χ1v) is 7.19. The molecule has 1 heterocycles. The highest BCUT2D eigenvalue weighted by Crippen LogP contribution is 2.26. The highest BCUT2D eigenvalue weighted by Gasteiger charge is 2.14. The van der Waals surface area contributed by atoms with E-state index in [1.54, 1.807) is 30.4 Å². The van der Waals surface area contributed by atoms with Crippen LogP contribution in [0, 0.1) is 4.91 Å². The Morgan fingerprint density at radius 3 is 2.71 bits per heavy atom. The predicted molar refractivity (Wildman–Crippen MR) is 90.4 cm³/mol. The number of rotatable bonds is 4. The Kier molecular flexibility index (Phi) is 4.11. The van der Waals surface area contributed by atoms with Crippen molar-refractivity contribution in [2.75, 3.05) is 7.11 Å². The Balaban J connectivity index is 2.00. The van der Waals surface area contributed by atoms with Crippen molar-refractivity contribution in [1.29, 1.82) is 0 Å². The van der Waals surface area contributed by atoms with Gasteiger partial charge in [-0.1, -0.05) is 18.2 Å². The van der Waals surface area contributed by atoms with Gasteiger partial charge >= 0.3 is 5.69 Å². The van der Waals surface area contributed by atoms with Gasteiger partial charge in [-0.2, -0.15) is 0 Å². The number of benzene rings is 2. The van der Waals surface area contributed by atoms with Crippen LogP contribution in [0.15, 0.2) is 48.5 Å². The van der Waals surface area contributed by atoms with Crippen molar-refractivity contribution in [3.05, 3.63) is 64.7 Å². The summed E-state index contributed by atoms with van der Waals surface area (Å²) in [5, 5.41) is 19.7. The largest absolute Gasteiger partial charge is 0.506 e. The monoisotopic (exact) mass is 323 g/mol. The molecule has 0 saturated heterocycles. The van der Waals surface area contributed by atoms with Gasteiger partial charge in [-0.15, -0.1) is 0 Å². The average Bonchev–Trinajstić information content (AvgIpc) is 2.60. The summed E-state index contributed by atoms with van der Waals surface area (Å²) in [4.78, 5) is 15.2. The lowest BCUT2D eigenvalue weighted by Crippen LogP contribution is -1.94. The Bertz CT molecular complexity index is 951. The number of aromatic nitrogens is 1. The van der Waals surface area contributed by atoms with E-state index >= 15 is 0 Å². The molecular weight excluding hydrogens is 308 g/mol. The lowest BCUT2D eigenvalue weighted by Gasteiger charge is -2.04. The minimum Gasteiger partial charge on any atom is -0.506 e. The molecule has 0 aliphatic rings. The Hall–Kier alpha value is -3.41. The maximum atomic E-state index is 11.0. The zero-order valence-corrected chi connectivity index (χ0v) is 12.9. The van der Waals surface area contributed by atoms with Crippen molar-refractivity contribution in [1.82, 2.24) is 4.98 Å². The SMILES string of the molecule is COc1ccc([N+](=O)O)cc1/C=C/c1ccc2cccc(O)c2n1. The number of hydrogen-bond acceptors (Lipinski definition) is 4. The Morgan fingerprint density at radius 2 is 1.96 bits per heavy atom. The van der Waals surface area contributed by atoms with Crippen LogP contribution in [0.5, 0.6) is 11.5 Å². The van der Waals surface area contributed by atoms with Gasteiger partial charge in [0.25, 0.3) is 4.92 Å². The van der Waals surface area contributed by atoms with Crippen LogP contribution in [0.1, 0.15) is 11.3 Å². The lowest BCUT2D eigenvalue weighted by molar-refractivity contribution is -0.729. The summed E-state index contributed by atoms with van der Waals surface area (Å²) >= 11 is 0. The third-order valence-corrected chi connectivity index (χ3v) is 3.59. The van der Waals surface area contributed by atoms with Crippen molar-refractivity contribution < 1.29 is 20.0 Å². The number of phenolic OH excluding ortho intramolecular Hbond substituents is 1. The van der Waals surface area contributed by atoms with E-state index in [0.717, 1.165) is 5.39 Å². The topological polar surface area (TPSA) is 82.7 Å². The average molecular weight is 323 g/mol. The quantitative estimate of drug-likeness (QED) is 0.711. The van der Waals surface area contributed by atoms with Crippen LogP contribution in [0.25, 0.3) is 23.1 Å². The van der Waals surface area contributed by atoms with Crippen LogP contribution in [-0.4, -0.2) is 27.3 Å². The molecule has 0 saturated carbocycles. The molecule has 6 heteroatoms. The number of nitrogens with zero attached hydrogens (tertiary/aromatic N) is 2. The maximum absolute atomic E-state index is 11.0. The highest BCUT2D eigenvalue weighted by molar-refractivity contribution is 5.86. The standard InChI is InChI=1S/C18H14N2O4/c1-24-17-10-9-15(20(22)23)11-13(17)6-8-14-7-5-12-3-2-4-16(21)18(12)19-14/h2-11H,1H3,(H-,21,22,23)/p+1/b8-6+. The minimum atomic E-state index is -0.205. The molecule has 0 amide bonds. The van der Waals surface area contributed by atoms with E-state index in [-0.39, 0.29) is 16.4 Å². The normalized spacial score (nSPS) is 11.0. The van der Waals surface area contributed by atoms with Gasteiger partial charge in [-0.25, -0.2) is 10.2 Å². The van der Waals surface area contributed by atoms with Gasteiger partial charge in [0.2, 0.25) is 0 Å². The molecule has 1 aromatic heterocycles. The number of aromatic hydroxyl groups is 1. The van der Waals surface area contributed by atoms with Gasteiger partial charge in [-0.05, 0) is 30.4 Å². The fraction of sp³-hybridized carbons (Fsp3) is 0.0556. The van der Waals surface area contributed by atoms with Crippen LogP contribution in [0.3, 0.4) is 0 Å². The number of pyridine rings is 1. The van der Waals surface area contributed by atoms with E-state index in [1.165, 1.54) is 19.2 Å². The van der Waals surface area contributed by atoms with Crippen molar-refractivity contribution >= 4 is 28.7 Å². The fourth-order valence-electron chi connectivity index (χ4n) is 2.39. The molecule has 0 spiro atoms. The number of methoxy groups -OCH3 is 1. The Labute approximate surface area is 137 Å². The molecule has 2 N–H and O–H groups in total. The summed E-state index contributed by atoms with van der Waals surface area (Å²) in [6, 6.07) is 13.4. The number of ether oxygens (including phenoxy) is 1. The molecule has 120 valence electrons. The molecule has 6 nitrogen and oxygen atoms in total. The predicted octanol–water partition coefficient (Wildman–Crippen LogP) is 3.92. The van der Waals surface area contributed by atoms with Crippen LogP contribution < -0.4 is 4.74 Å². The molecule has 0 bridgehead atoms. The third-order valence-electron chi connectivity index (χ3n) is 3.59. The molecule has 3 rings (SSSR count). The van der Waals surface area contributed by atoms with Gasteiger partial charge < -0.3 is 9.84 Å². The second-order valence-electron chi connectivity index (χ2n) is 5.12. The smallest absolute Gasteiger partial charge is 0.317 e. The first-order chi connectivity index (χ1) is 11.6. The molecule has 24 heavy (non-hydrogen) atoms. The van der Waals surface area contributed by atoms with Crippen molar-refractivity contribution in [2.45, 2.75) is 0 Å². The summed E-state index contributed by atoms with van der Waals surface area (Å²) in [7, 11) is 1.52. The molecule has 0 fully saturated rings. The summed E-state index contributed by atoms with van der Waals surface area (Å²) in [6.45, 7) is 0. The summed E-state index contributed by atoms with van der Waals surface area (Å²) in [5.74, 6) is 0.671. The van der Waals surface area contributed by atoms with Gasteiger partial charge in [0.1, 0.15) is 17.0 Å². The molecule has 0 aliphatic heterocycles. The summed E-state index contributed by atoms with van der Waals surface area (Å²) < 4.78 is 5.24. The maximum Gasteiger partial charge on any atom is 0.317 e. The van der Waals surface area contributed by atoms with Crippen molar-refractivity contribution in [3.8, 4) is 11.5 Å². The minimum absolute atomic E-state index is 0.0968. The zero-order chi connectivity index (χ0) is 17.1. The van der Waals surface area contributed by atoms with Gasteiger partial charge in [0.05, 0.1) is 17.7 Å². The molecule has 0 aliphatic carbocycles. The molecular formula is C18H15N2O4+. The molecule has 0 radical (unpaired) electrons. The summed E-state index contributed by atoms with van der Waals surface area (Å²) in [6.07, 6.45) is 3.46. The number of phenols is 1. The van der Waals surface area contributed by atoms with Crippen LogP contribution in [0.2, 0.25) is 0 Å². The first kappa shape index (κ1) is 15.5. The lowest BCUT2D eigenvalue weighted by atomic mass is 10.1. The van der Waals surface area contributed by atoms with E-state index in [2.05, 4.69) is 4.98 Å². The number of fused-ring (bicyclic) bond motifs is 1. The van der Waals surface area contributed by atoms with Crippen molar-refractivity contribution in [3.63, 3.8) is 0 Å².